The summed E-state index contributed by atoms with van der Waals surface area (Å²) in [6, 6.07) is -1.97. The van der Waals surface area contributed by atoms with E-state index in [1.54, 1.807) is 0 Å². The third-order valence-electron chi connectivity index (χ3n) is 19.3. The first-order valence-electron chi connectivity index (χ1n) is 44.4. The van der Waals surface area contributed by atoms with Crippen molar-refractivity contribution in [1.82, 2.24) is 21.3 Å². The lowest BCUT2D eigenvalue weighted by Gasteiger charge is -2.22. The van der Waals surface area contributed by atoms with Gasteiger partial charge in [0.25, 0.3) is 0 Å². The highest BCUT2D eigenvalue weighted by atomic mass is 31.2. The number of unbranched alkanes of at least 4 members (excludes halogenated alkanes) is 34. The summed E-state index contributed by atoms with van der Waals surface area (Å²) in [7, 11) is -9.59. The maximum Gasteiger partial charge on any atom is 0.472 e. The van der Waals surface area contributed by atoms with Crippen molar-refractivity contribution in [3.63, 3.8) is 0 Å². The Bertz CT molecular complexity index is 2340. The molecule has 0 rings (SSSR count). The lowest BCUT2D eigenvalue weighted by atomic mass is 10.0. The maximum absolute atomic E-state index is 13.3. The summed E-state index contributed by atoms with van der Waals surface area (Å²) < 4.78 is 71.0. The number of amides is 4. The molecule has 24 nitrogen and oxygen atoms in total. The van der Waals surface area contributed by atoms with Gasteiger partial charge in [0, 0.05) is 64.5 Å². The molecule has 6 atom stereocenters. The van der Waals surface area contributed by atoms with Crippen LogP contribution in [0.3, 0.4) is 0 Å². The van der Waals surface area contributed by atoms with Gasteiger partial charge in [0.05, 0.1) is 77.8 Å². The first-order chi connectivity index (χ1) is 54.2. The van der Waals surface area contributed by atoms with Crippen LogP contribution in [0.25, 0.3) is 0 Å². The SMILES string of the molecule is CCCCCCC=CCCCC(=O)OC(CCCCCCC)CCOCC(COP(=O)(O)OCCNC(=O)CCC(=O)NCCOP(=O)(O)OCC(COCCC(CCCCCCC)OC(=O)CCCC=CCCCCCC)NC(=O)CC(=O)CCCCCCCCCCC)NC(=O)CC(=O)CCCCCCCCCCC. The molecule has 0 fully saturated rings. The number of ketones is 2. The molecule has 112 heavy (non-hydrogen) atoms. The van der Waals surface area contributed by atoms with Crippen LogP contribution >= 0.6 is 15.6 Å². The molecule has 0 aromatic heterocycles. The monoisotopic (exact) mass is 1630 g/mol. The number of phosphoric ester groups is 2. The Balaban J connectivity index is 5.60. The van der Waals surface area contributed by atoms with Crippen LogP contribution in [0.15, 0.2) is 24.3 Å². The van der Waals surface area contributed by atoms with Gasteiger partial charge in [-0.2, -0.15) is 0 Å². The van der Waals surface area contributed by atoms with Crippen LogP contribution in [0.5, 0.6) is 0 Å². The molecule has 0 saturated carbocycles. The van der Waals surface area contributed by atoms with Gasteiger partial charge >= 0.3 is 27.6 Å². The van der Waals surface area contributed by atoms with E-state index in [1.165, 1.54) is 103 Å². The fourth-order valence-corrected chi connectivity index (χ4v) is 14.1. The average molecular weight is 1630 g/mol. The van der Waals surface area contributed by atoms with E-state index in [2.05, 4.69) is 87.1 Å². The van der Waals surface area contributed by atoms with Crippen LogP contribution in [-0.4, -0.2) is 147 Å². The number of carbonyl (C=O) groups is 8. The number of esters is 2. The van der Waals surface area contributed by atoms with Gasteiger partial charge < -0.3 is 50.0 Å². The van der Waals surface area contributed by atoms with Crippen LogP contribution in [0, 0.1) is 0 Å². The van der Waals surface area contributed by atoms with Crippen LogP contribution in [0.4, 0.5) is 0 Å². The Labute approximate surface area is 677 Å². The molecular weight excluding hydrogens is 1470 g/mol. The number of Topliss-reactive ketones (excluding diaryl/α,β-unsaturated/α-hetero) is 2. The van der Waals surface area contributed by atoms with Crippen LogP contribution in [0.1, 0.15) is 388 Å². The van der Waals surface area contributed by atoms with Crippen molar-refractivity contribution in [2.24, 2.45) is 0 Å². The minimum Gasteiger partial charge on any atom is -0.462 e. The Morgan fingerprint density at radius 1 is 0.312 bits per heavy atom. The van der Waals surface area contributed by atoms with E-state index < -0.39 is 90.0 Å². The summed E-state index contributed by atoms with van der Waals surface area (Å²) in [4.78, 5) is 125. The number of carbonyl (C=O) groups excluding carboxylic acids is 8. The molecule has 26 heteroatoms. The summed E-state index contributed by atoms with van der Waals surface area (Å²) >= 11 is 0. The van der Waals surface area contributed by atoms with E-state index >= 15 is 0 Å². The summed E-state index contributed by atoms with van der Waals surface area (Å²) in [5, 5.41) is 10.4. The van der Waals surface area contributed by atoms with Crippen molar-refractivity contribution >= 4 is 62.8 Å². The van der Waals surface area contributed by atoms with Crippen LogP contribution < -0.4 is 21.3 Å². The van der Waals surface area contributed by atoms with Gasteiger partial charge in [-0.1, -0.05) is 258 Å². The molecule has 0 spiro atoms. The van der Waals surface area contributed by atoms with Crippen LogP contribution in [-0.2, 0) is 84.5 Å². The third-order valence-corrected chi connectivity index (χ3v) is 21.3. The van der Waals surface area contributed by atoms with Gasteiger partial charge in [-0.05, 0) is 89.9 Å². The number of phosphoric acid groups is 2. The maximum atomic E-state index is 13.3. The lowest BCUT2D eigenvalue weighted by Crippen LogP contribution is -2.42. The highest BCUT2D eigenvalue weighted by Gasteiger charge is 2.28. The van der Waals surface area contributed by atoms with E-state index in [-0.39, 0.29) is 102 Å². The molecule has 0 radical (unpaired) electrons. The number of hydrogen-bond acceptors (Lipinski definition) is 18. The zero-order valence-electron chi connectivity index (χ0n) is 71.0. The normalized spacial score (nSPS) is 13.8. The van der Waals surface area contributed by atoms with E-state index in [0.717, 1.165) is 141 Å². The first-order valence-corrected chi connectivity index (χ1v) is 47.4. The molecule has 654 valence electrons. The van der Waals surface area contributed by atoms with Gasteiger partial charge in [0.1, 0.15) is 23.8 Å². The van der Waals surface area contributed by atoms with Crippen molar-refractivity contribution < 1.29 is 94.3 Å². The number of ether oxygens (including phenoxy) is 4. The van der Waals surface area contributed by atoms with Gasteiger partial charge in [0.15, 0.2) is 0 Å². The van der Waals surface area contributed by atoms with E-state index in [9.17, 15) is 57.3 Å². The van der Waals surface area contributed by atoms with E-state index in [1.807, 2.05) is 0 Å². The highest BCUT2D eigenvalue weighted by molar-refractivity contribution is 7.47. The highest BCUT2D eigenvalue weighted by Crippen LogP contribution is 2.44. The van der Waals surface area contributed by atoms with Gasteiger partial charge in [-0.3, -0.25) is 56.5 Å². The molecule has 6 unspecified atom stereocenters. The van der Waals surface area contributed by atoms with Crippen molar-refractivity contribution in [2.75, 3.05) is 65.9 Å². The van der Waals surface area contributed by atoms with Gasteiger partial charge in [-0.15, -0.1) is 0 Å². The predicted octanol–water partition coefficient (Wildman–Crippen LogP) is 19.7. The number of rotatable bonds is 85. The summed E-state index contributed by atoms with van der Waals surface area (Å²) in [6.45, 7) is 10.5. The smallest absolute Gasteiger partial charge is 0.462 e. The molecule has 0 aliphatic rings. The summed E-state index contributed by atoms with van der Waals surface area (Å²) in [5.74, 6) is -3.38. The molecule has 0 bridgehead atoms. The zero-order chi connectivity index (χ0) is 82.5. The minimum atomic E-state index is -4.79. The lowest BCUT2D eigenvalue weighted by molar-refractivity contribution is -0.151. The van der Waals surface area contributed by atoms with Crippen molar-refractivity contribution in [2.45, 2.75) is 413 Å². The third kappa shape index (κ3) is 74.6. The number of hydrogen-bond donors (Lipinski definition) is 6. The summed E-state index contributed by atoms with van der Waals surface area (Å²) in [5.41, 5.74) is 0. The standard InChI is InChI=1S/C86H160N4O20P2/c1-7-13-19-25-29-33-37-43-47-53-77(91)69-83(95)89-75(71-103-65-61-79(55-49-41-23-17-11-5)109-85(97)57-51-45-39-35-31-27-21-15-9-3)73-107-111(99,100)105-67-63-87-81(93)59-60-82(94)88-64-68-106-112(101,102)108-74-76(90-84(96)70-78(92)54-48-44-38-34-30-26-20-14-8-2)72-104-66-62-80(56-50-42-24-18-12-6)110-86(98)58-52-46-40-36-32-28-22-16-10-4/h35-36,39-40,75-76,79-80H,7-34,37-38,41-74H2,1-6H3,(H,87,93)(H,88,94)(H,89,95)(H,90,96)(H,99,100)(H,101,102). The number of allylic oxidation sites excluding steroid dienone is 4. The Morgan fingerprint density at radius 3 is 0.938 bits per heavy atom. The molecule has 0 heterocycles. The molecule has 0 aliphatic heterocycles. The second-order valence-corrected chi connectivity index (χ2v) is 33.2. The van der Waals surface area contributed by atoms with Crippen molar-refractivity contribution in [3.8, 4) is 0 Å². The van der Waals surface area contributed by atoms with E-state index in [4.69, 9.17) is 37.0 Å². The first kappa shape index (κ1) is 108. The predicted molar refractivity (Wildman–Crippen MR) is 446 cm³/mol. The van der Waals surface area contributed by atoms with Gasteiger partial charge in [-0.25, -0.2) is 9.13 Å². The average Bonchev–Trinajstić information content (AvgIpc) is 0.913. The largest absolute Gasteiger partial charge is 0.472 e. The Hall–Kier alpha value is -4.22. The Morgan fingerprint density at radius 2 is 0.607 bits per heavy atom. The van der Waals surface area contributed by atoms with Gasteiger partial charge in [0.2, 0.25) is 23.6 Å². The molecule has 0 saturated heterocycles. The van der Waals surface area contributed by atoms with Crippen LogP contribution in [0.2, 0.25) is 0 Å². The fraction of sp³-hybridized carbons (Fsp3) is 0.860. The second kappa shape index (κ2) is 78.0. The van der Waals surface area contributed by atoms with Crippen molar-refractivity contribution in [1.29, 1.82) is 0 Å². The minimum absolute atomic E-state index is 0.139. The molecule has 6 N–H and O–H groups in total. The fourth-order valence-electron chi connectivity index (χ4n) is 12.6. The molecule has 0 aromatic carbocycles. The topological polar surface area (TPSA) is 333 Å². The summed E-state index contributed by atoms with van der Waals surface area (Å²) in [6.07, 6.45) is 54.1. The molecule has 0 aromatic rings. The molecular formula is C86H160N4O20P2. The molecule has 4 amide bonds. The quantitative estimate of drug-likeness (QED) is 0.0108. The number of nitrogens with one attached hydrogen (secondary N) is 4. The van der Waals surface area contributed by atoms with E-state index in [0.29, 0.717) is 64.2 Å². The van der Waals surface area contributed by atoms with Crippen molar-refractivity contribution in [3.05, 3.63) is 24.3 Å². The Kier molecular flexibility index (Phi) is 75.0. The second-order valence-electron chi connectivity index (χ2n) is 30.3. The molecule has 0 aliphatic carbocycles. The zero-order valence-corrected chi connectivity index (χ0v) is 72.8.